The third-order valence-corrected chi connectivity index (χ3v) is 3.71. The molecule has 2 amide bonds. The van der Waals surface area contributed by atoms with Gasteiger partial charge in [0.15, 0.2) is 0 Å². The van der Waals surface area contributed by atoms with Crippen molar-refractivity contribution in [3.8, 4) is 0 Å². The number of urea groups is 1. The molecule has 0 aromatic heterocycles. The fourth-order valence-electron chi connectivity index (χ4n) is 2.44. The van der Waals surface area contributed by atoms with Crippen LogP contribution in [0.1, 0.15) is 29.6 Å². The summed E-state index contributed by atoms with van der Waals surface area (Å²) in [6, 6.07) is 3.61. The number of carbonyl (C=O) groups is 2. The van der Waals surface area contributed by atoms with E-state index >= 15 is 0 Å². The summed E-state index contributed by atoms with van der Waals surface area (Å²) >= 11 is 5.85. The lowest BCUT2D eigenvalue weighted by molar-refractivity contribution is 0.0697. The summed E-state index contributed by atoms with van der Waals surface area (Å²) in [5.41, 5.74) is 0.335. The van der Waals surface area contributed by atoms with E-state index in [1.165, 1.54) is 18.2 Å². The van der Waals surface area contributed by atoms with Crippen LogP contribution in [0.25, 0.3) is 0 Å². The third-order valence-electron chi connectivity index (χ3n) is 3.49. The second-order valence-corrected chi connectivity index (χ2v) is 5.43. The Morgan fingerprint density at radius 1 is 1.33 bits per heavy atom. The molecule has 1 aliphatic rings. The van der Waals surface area contributed by atoms with Crippen molar-refractivity contribution < 1.29 is 19.8 Å². The fraction of sp³-hybridized carbons (Fsp3) is 0.429. The molecule has 1 atom stereocenters. The molecule has 1 fully saturated rings. The normalized spacial score (nSPS) is 18.4. The molecule has 1 aliphatic heterocycles. The van der Waals surface area contributed by atoms with E-state index in [9.17, 15) is 14.7 Å². The van der Waals surface area contributed by atoms with Gasteiger partial charge in [0.1, 0.15) is 0 Å². The van der Waals surface area contributed by atoms with Gasteiger partial charge >= 0.3 is 12.0 Å². The number of carboxylic acids is 1. The number of benzene rings is 1. The summed E-state index contributed by atoms with van der Waals surface area (Å²) in [5, 5.41) is 21.2. The highest BCUT2D eigenvalue weighted by Crippen LogP contribution is 2.22. The van der Waals surface area contributed by atoms with Crippen LogP contribution in [0.4, 0.5) is 10.5 Å². The molecule has 3 N–H and O–H groups in total. The highest BCUT2D eigenvalue weighted by molar-refractivity contribution is 6.31. The van der Waals surface area contributed by atoms with Crippen molar-refractivity contribution in [1.29, 1.82) is 0 Å². The van der Waals surface area contributed by atoms with E-state index in [0.717, 1.165) is 19.3 Å². The van der Waals surface area contributed by atoms with Gasteiger partial charge in [0.05, 0.1) is 18.2 Å². The molecule has 114 valence electrons. The van der Waals surface area contributed by atoms with E-state index in [0.29, 0.717) is 12.2 Å². The number of hydrogen-bond donors (Lipinski definition) is 3. The van der Waals surface area contributed by atoms with Gasteiger partial charge in [-0.05, 0) is 37.5 Å². The molecule has 1 saturated heterocycles. The van der Waals surface area contributed by atoms with E-state index in [2.05, 4.69) is 5.32 Å². The molecule has 1 heterocycles. The van der Waals surface area contributed by atoms with Crippen LogP contribution in [0.3, 0.4) is 0 Å². The lowest BCUT2D eigenvalue weighted by atomic mass is 10.0. The number of halogens is 1. The lowest BCUT2D eigenvalue weighted by Gasteiger charge is -2.34. The molecule has 0 aliphatic carbocycles. The predicted octanol–water partition coefficient (Wildman–Crippen LogP) is 2.42. The number of amides is 2. The van der Waals surface area contributed by atoms with Gasteiger partial charge < -0.3 is 20.4 Å². The van der Waals surface area contributed by atoms with Crippen LogP contribution in [0.5, 0.6) is 0 Å². The van der Waals surface area contributed by atoms with Crippen LogP contribution < -0.4 is 5.32 Å². The number of aromatic carboxylic acids is 1. The average Bonchev–Trinajstić information content (AvgIpc) is 2.46. The van der Waals surface area contributed by atoms with Crippen LogP contribution in [0, 0.1) is 0 Å². The number of nitrogens with one attached hydrogen (secondary N) is 1. The first kappa shape index (κ1) is 15.6. The molecule has 2 rings (SSSR count). The van der Waals surface area contributed by atoms with Gasteiger partial charge in [0.25, 0.3) is 0 Å². The van der Waals surface area contributed by atoms with Crippen molar-refractivity contribution in [1.82, 2.24) is 4.90 Å². The van der Waals surface area contributed by atoms with Crippen LogP contribution >= 0.6 is 11.6 Å². The maximum absolute atomic E-state index is 12.2. The summed E-state index contributed by atoms with van der Waals surface area (Å²) in [6.45, 7) is 0.493. The monoisotopic (exact) mass is 312 g/mol. The van der Waals surface area contributed by atoms with E-state index in [4.69, 9.17) is 16.7 Å². The topological polar surface area (TPSA) is 89.9 Å². The Balaban J connectivity index is 2.13. The van der Waals surface area contributed by atoms with Gasteiger partial charge in [0.2, 0.25) is 0 Å². The van der Waals surface area contributed by atoms with Crippen LogP contribution in [-0.4, -0.2) is 46.3 Å². The number of likely N-dealkylation sites (tertiary alicyclic amines) is 1. The Bertz CT molecular complexity index is 550. The Morgan fingerprint density at radius 2 is 2.10 bits per heavy atom. The number of hydrogen-bond acceptors (Lipinski definition) is 3. The van der Waals surface area contributed by atoms with Gasteiger partial charge in [-0.3, -0.25) is 0 Å². The summed E-state index contributed by atoms with van der Waals surface area (Å²) in [4.78, 5) is 24.8. The molecule has 0 bridgehead atoms. The molecule has 21 heavy (non-hydrogen) atoms. The molecule has 1 unspecified atom stereocenters. The standard InChI is InChI=1S/C14H17ClN2O4/c15-10-5-9(13(19)20)6-11(7-10)16-14(21)17-4-2-1-3-12(17)8-18/h5-7,12,18H,1-4,8H2,(H,16,21)(H,19,20). The summed E-state index contributed by atoms with van der Waals surface area (Å²) in [6.07, 6.45) is 2.63. The highest BCUT2D eigenvalue weighted by atomic mass is 35.5. The Morgan fingerprint density at radius 3 is 2.76 bits per heavy atom. The zero-order valence-electron chi connectivity index (χ0n) is 11.4. The summed E-state index contributed by atoms with van der Waals surface area (Å²) in [5.74, 6) is -1.11. The van der Waals surface area contributed by atoms with Crippen molar-refractivity contribution in [3.05, 3.63) is 28.8 Å². The molecule has 1 aromatic carbocycles. The number of aliphatic hydroxyl groups is 1. The van der Waals surface area contributed by atoms with Gasteiger partial charge in [-0.15, -0.1) is 0 Å². The molecule has 7 heteroatoms. The number of piperidine rings is 1. The highest BCUT2D eigenvalue weighted by Gasteiger charge is 2.26. The van der Waals surface area contributed by atoms with E-state index in [1.807, 2.05) is 0 Å². The summed E-state index contributed by atoms with van der Waals surface area (Å²) in [7, 11) is 0. The first-order chi connectivity index (χ1) is 10.0. The van der Waals surface area contributed by atoms with Crippen LogP contribution in [0.15, 0.2) is 18.2 Å². The maximum Gasteiger partial charge on any atom is 0.335 e. The smallest absolute Gasteiger partial charge is 0.335 e. The molecule has 0 radical (unpaired) electrons. The SMILES string of the molecule is O=C(O)c1cc(Cl)cc(NC(=O)N2CCCCC2CO)c1. The quantitative estimate of drug-likeness (QED) is 0.799. The van der Waals surface area contributed by atoms with Crippen LogP contribution in [0.2, 0.25) is 5.02 Å². The molecular formula is C14H17ClN2O4. The number of carbonyl (C=O) groups excluding carboxylic acids is 1. The maximum atomic E-state index is 12.2. The van der Waals surface area contributed by atoms with Gasteiger partial charge in [-0.25, -0.2) is 9.59 Å². The zero-order chi connectivity index (χ0) is 15.4. The predicted molar refractivity (Wildman–Crippen MR) is 78.9 cm³/mol. The number of rotatable bonds is 3. The van der Waals surface area contributed by atoms with E-state index < -0.39 is 5.97 Å². The van der Waals surface area contributed by atoms with E-state index in [-0.39, 0.29) is 29.3 Å². The summed E-state index contributed by atoms with van der Waals surface area (Å²) < 4.78 is 0. The Hall–Kier alpha value is -1.79. The van der Waals surface area contributed by atoms with Crippen molar-refractivity contribution in [2.45, 2.75) is 25.3 Å². The number of carboxylic acid groups (broad SMARTS) is 1. The molecule has 0 spiro atoms. The molecular weight excluding hydrogens is 296 g/mol. The van der Waals surface area contributed by atoms with Gasteiger partial charge in [-0.1, -0.05) is 11.6 Å². The molecule has 0 saturated carbocycles. The molecule has 1 aromatic rings. The fourth-order valence-corrected chi connectivity index (χ4v) is 2.67. The van der Waals surface area contributed by atoms with Crippen molar-refractivity contribution in [3.63, 3.8) is 0 Å². The number of nitrogens with zero attached hydrogens (tertiary/aromatic N) is 1. The first-order valence-electron chi connectivity index (χ1n) is 6.73. The second-order valence-electron chi connectivity index (χ2n) is 4.99. The largest absolute Gasteiger partial charge is 0.478 e. The second kappa shape index (κ2) is 6.78. The Labute approximate surface area is 127 Å². The van der Waals surface area contributed by atoms with Gasteiger partial charge in [-0.2, -0.15) is 0 Å². The number of aliphatic hydroxyl groups excluding tert-OH is 1. The number of anilines is 1. The Kier molecular flexibility index (Phi) is 5.03. The zero-order valence-corrected chi connectivity index (χ0v) is 12.1. The minimum absolute atomic E-state index is 0.00940. The van der Waals surface area contributed by atoms with Crippen molar-refractivity contribution in [2.75, 3.05) is 18.5 Å². The minimum atomic E-state index is -1.11. The van der Waals surface area contributed by atoms with Crippen LogP contribution in [-0.2, 0) is 0 Å². The third kappa shape index (κ3) is 3.86. The van der Waals surface area contributed by atoms with Crippen molar-refractivity contribution in [2.24, 2.45) is 0 Å². The van der Waals surface area contributed by atoms with Crippen molar-refractivity contribution >= 4 is 29.3 Å². The van der Waals surface area contributed by atoms with E-state index in [1.54, 1.807) is 4.90 Å². The minimum Gasteiger partial charge on any atom is -0.478 e. The average molecular weight is 313 g/mol. The van der Waals surface area contributed by atoms with Gasteiger partial charge in [0, 0.05) is 17.3 Å². The first-order valence-corrected chi connectivity index (χ1v) is 7.11. The lowest BCUT2D eigenvalue weighted by Crippen LogP contribution is -2.47. The molecule has 6 nitrogen and oxygen atoms in total.